The molecule has 0 spiro atoms. The molecule has 0 saturated heterocycles. The van der Waals surface area contributed by atoms with E-state index in [0.717, 1.165) is 18.8 Å². The number of ether oxygens (including phenoxy) is 1. The van der Waals surface area contributed by atoms with Crippen molar-refractivity contribution >= 4 is 5.69 Å². The molecule has 3 nitrogen and oxygen atoms in total. The van der Waals surface area contributed by atoms with E-state index in [1.807, 2.05) is 12.1 Å². The van der Waals surface area contributed by atoms with Crippen LogP contribution in [0.4, 0.5) is 5.69 Å². The molecule has 0 aliphatic carbocycles. The third kappa shape index (κ3) is 3.93. The first kappa shape index (κ1) is 13.8. The fourth-order valence-electron chi connectivity index (χ4n) is 2.15. The van der Waals surface area contributed by atoms with Gasteiger partial charge in [0.1, 0.15) is 5.75 Å². The summed E-state index contributed by atoms with van der Waals surface area (Å²) in [5.41, 5.74) is 1.25. The van der Waals surface area contributed by atoms with E-state index in [-0.39, 0.29) is 0 Å². The van der Waals surface area contributed by atoms with E-state index in [2.05, 4.69) is 49.9 Å². The molecule has 0 amide bonds. The van der Waals surface area contributed by atoms with Crippen LogP contribution in [0.2, 0.25) is 0 Å². The SMILES string of the molecule is CCN(c1ccc(OC)cc1)C(C)CN(C)C. The molecule has 1 atom stereocenters. The van der Waals surface area contributed by atoms with Crippen LogP contribution in [-0.2, 0) is 0 Å². The molecule has 0 bridgehead atoms. The van der Waals surface area contributed by atoms with E-state index < -0.39 is 0 Å². The van der Waals surface area contributed by atoms with Gasteiger partial charge in [-0.05, 0) is 52.2 Å². The van der Waals surface area contributed by atoms with Gasteiger partial charge in [0.2, 0.25) is 0 Å². The van der Waals surface area contributed by atoms with E-state index in [1.54, 1.807) is 7.11 Å². The summed E-state index contributed by atoms with van der Waals surface area (Å²) in [7, 11) is 5.91. The smallest absolute Gasteiger partial charge is 0.119 e. The zero-order valence-electron chi connectivity index (χ0n) is 11.6. The Balaban J connectivity index is 2.77. The Hall–Kier alpha value is -1.22. The summed E-state index contributed by atoms with van der Waals surface area (Å²) in [6.45, 7) is 6.52. The summed E-state index contributed by atoms with van der Waals surface area (Å²) in [6.07, 6.45) is 0. The maximum atomic E-state index is 5.18. The summed E-state index contributed by atoms with van der Waals surface area (Å²) in [4.78, 5) is 4.62. The third-order valence-electron chi connectivity index (χ3n) is 2.91. The van der Waals surface area contributed by atoms with Gasteiger partial charge in [0, 0.05) is 24.8 Å². The van der Waals surface area contributed by atoms with E-state index in [0.29, 0.717) is 6.04 Å². The van der Waals surface area contributed by atoms with Crippen LogP contribution in [0.25, 0.3) is 0 Å². The van der Waals surface area contributed by atoms with Gasteiger partial charge < -0.3 is 14.5 Å². The average molecular weight is 236 g/mol. The molecule has 0 aliphatic heterocycles. The normalized spacial score (nSPS) is 12.6. The van der Waals surface area contributed by atoms with Gasteiger partial charge in [0.15, 0.2) is 0 Å². The fraction of sp³-hybridized carbons (Fsp3) is 0.571. The summed E-state index contributed by atoms with van der Waals surface area (Å²) in [5.74, 6) is 0.907. The van der Waals surface area contributed by atoms with Gasteiger partial charge in [-0.15, -0.1) is 0 Å². The van der Waals surface area contributed by atoms with Gasteiger partial charge in [-0.3, -0.25) is 0 Å². The second kappa shape index (κ2) is 6.50. The fourth-order valence-corrected chi connectivity index (χ4v) is 2.15. The summed E-state index contributed by atoms with van der Waals surface area (Å²) < 4.78 is 5.18. The lowest BCUT2D eigenvalue weighted by Gasteiger charge is -2.32. The Morgan fingerprint density at radius 1 is 1.18 bits per heavy atom. The first-order chi connectivity index (χ1) is 8.08. The largest absolute Gasteiger partial charge is 0.497 e. The van der Waals surface area contributed by atoms with Gasteiger partial charge in [-0.25, -0.2) is 0 Å². The van der Waals surface area contributed by atoms with Crippen LogP contribution in [0.5, 0.6) is 5.75 Å². The molecular formula is C14H24N2O. The predicted octanol–water partition coefficient (Wildman–Crippen LogP) is 2.47. The minimum atomic E-state index is 0.503. The first-order valence-electron chi connectivity index (χ1n) is 6.14. The Kier molecular flexibility index (Phi) is 5.29. The number of nitrogens with zero attached hydrogens (tertiary/aromatic N) is 2. The third-order valence-corrected chi connectivity index (χ3v) is 2.91. The highest BCUT2D eigenvalue weighted by molar-refractivity contribution is 5.49. The molecule has 96 valence electrons. The first-order valence-corrected chi connectivity index (χ1v) is 6.14. The number of methoxy groups -OCH3 is 1. The van der Waals surface area contributed by atoms with Crippen molar-refractivity contribution in [2.75, 3.05) is 39.2 Å². The number of anilines is 1. The molecule has 0 radical (unpaired) electrons. The molecule has 0 fully saturated rings. The summed E-state index contributed by atoms with van der Waals surface area (Å²) in [5, 5.41) is 0. The molecule has 0 heterocycles. The molecule has 0 aromatic heterocycles. The molecule has 1 aromatic rings. The summed E-state index contributed by atoms with van der Waals surface area (Å²) >= 11 is 0. The van der Waals surface area contributed by atoms with Crippen LogP contribution >= 0.6 is 0 Å². The van der Waals surface area contributed by atoms with Crippen LogP contribution in [0, 0.1) is 0 Å². The lowest BCUT2D eigenvalue weighted by Crippen LogP contribution is -2.40. The Morgan fingerprint density at radius 2 is 1.76 bits per heavy atom. The second-order valence-corrected chi connectivity index (χ2v) is 4.60. The Morgan fingerprint density at radius 3 is 2.18 bits per heavy atom. The number of hydrogen-bond donors (Lipinski definition) is 0. The highest BCUT2D eigenvalue weighted by Gasteiger charge is 2.13. The zero-order valence-corrected chi connectivity index (χ0v) is 11.6. The number of rotatable bonds is 6. The van der Waals surface area contributed by atoms with E-state index >= 15 is 0 Å². The van der Waals surface area contributed by atoms with Crippen molar-refractivity contribution in [2.24, 2.45) is 0 Å². The number of benzene rings is 1. The van der Waals surface area contributed by atoms with Crippen molar-refractivity contribution in [2.45, 2.75) is 19.9 Å². The topological polar surface area (TPSA) is 15.7 Å². The molecule has 1 aromatic carbocycles. The van der Waals surface area contributed by atoms with E-state index in [9.17, 15) is 0 Å². The molecule has 0 saturated carbocycles. The van der Waals surface area contributed by atoms with Gasteiger partial charge in [-0.2, -0.15) is 0 Å². The van der Waals surface area contributed by atoms with Gasteiger partial charge in [-0.1, -0.05) is 0 Å². The van der Waals surface area contributed by atoms with Crippen LogP contribution in [0.15, 0.2) is 24.3 Å². The minimum absolute atomic E-state index is 0.503. The van der Waals surface area contributed by atoms with Crippen molar-refractivity contribution in [3.63, 3.8) is 0 Å². The maximum absolute atomic E-state index is 5.18. The van der Waals surface area contributed by atoms with Gasteiger partial charge >= 0.3 is 0 Å². The van der Waals surface area contributed by atoms with Crippen molar-refractivity contribution in [3.05, 3.63) is 24.3 Å². The molecule has 0 N–H and O–H groups in total. The van der Waals surface area contributed by atoms with Crippen molar-refractivity contribution < 1.29 is 4.74 Å². The van der Waals surface area contributed by atoms with Crippen molar-refractivity contribution in [1.29, 1.82) is 0 Å². The predicted molar refractivity (Wildman–Crippen MR) is 74.0 cm³/mol. The lowest BCUT2D eigenvalue weighted by atomic mass is 10.2. The highest BCUT2D eigenvalue weighted by atomic mass is 16.5. The average Bonchev–Trinajstić information content (AvgIpc) is 2.30. The molecule has 3 heteroatoms. The van der Waals surface area contributed by atoms with Crippen LogP contribution in [-0.4, -0.2) is 45.2 Å². The second-order valence-electron chi connectivity index (χ2n) is 4.60. The monoisotopic (exact) mass is 236 g/mol. The van der Waals surface area contributed by atoms with Crippen molar-refractivity contribution in [3.8, 4) is 5.75 Å². The molecular weight excluding hydrogens is 212 g/mol. The molecule has 1 rings (SSSR count). The standard InChI is InChI=1S/C14H24N2O/c1-6-16(12(2)11-15(3)4)13-7-9-14(17-5)10-8-13/h7-10,12H,6,11H2,1-5H3. The molecule has 1 unspecified atom stereocenters. The Labute approximate surface area is 105 Å². The quantitative estimate of drug-likeness (QED) is 0.754. The van der Waals surface area contributed by atoms with Gasteiger partial charge in [0.05, 0.1) is 7.11 Å². The highest BCUT2D eigenvalue weighted by Crippen LogP contribution is 2.21. The number of likely N-dealkylation sites (N-methyl/N-ethyl adjacent to an activating group) is 2. The zero-order chi connectivity index (χ0) is 12.8. The molecule has 17 heavy (non-hydrogen) atoms. The van der Waals surface area contributed by atoms with Crippen LogP contribution < -0.4 is 9.64 Å². The van der Waals surface area contributed by atoms with Gasteiger partial charge in [0.25, 0.3) is 0 Å². The minimum Gasteiger partial charge on any atom is -0.497 e. The summed E-state index contributed by atoms with van der Waals surface area (Å²) in [6, 6.07) is 8.77. The number of hydrogen-bond acceptors (Lipinski definition) is 3. The van der Waals surface area contributed by atoms with E-state index in [4.69, 9.17) is 4.74 Å². The van der Waals surface area contributed by atoms with Crippen molar-refractivity contribution in [1.82, 2.24) is 4.90 Å². The molecule has 0 aliphatic rings. The van der Waals surface area contributed by atoms with Crippen LogP contribution in [0.1, 0.15) is 13.8 Å². The Bertz CT molecular complexity index is 321. The lowest BCUT2D eigenvalue weighted by molar-refractivity contribution is 0.373. The van der Waals surface area contributed by atoms with E-state index in [1.165, 1.54) is 5.69 Å². The maximum Gasteiger partial charge on any atom is 0.119 e. The van der Waals surface area contributed by atoms with Crippen LogP contribution in [0.3, 0.4) is 0 Å².